The van der Waals surface area contributed by atoms with Gasteiger partial charge in [0.15, 0.2) is 0 Å². The summed E-state index contributed by atoms with van der Waals surface area (Å²) < 4.78 is 37.8. The zero-order valence-corrected chi connectivity index (χ0v) is 8.78. The summed E-state index contributed by atoms with van der Waals surface area (Å²) >= 11 is 5.07. The Labute approximate surface area is 94.2 Å². The first-order valence-corrected chi connectivity index (χ1v) is 4.47. The summed E-state index contributed by atoms with van der Waals surface area (Å²) in [6.45, 7) is 1.17. The summed E-state index contributed by atoms with van der Waals surface area (Å²) in [7, 11) is 0. The Bertz CT molecular complexity index is 488. The lowest BCUT2D eigenvalue weighted by Crippen LogP contribution is -2.13. The zero-order chi connectivity index (χ0) is 12.5. The molecule has 0 spiro atoms. The van der Waals surface area contributed by atoms with Crippen molar-refractivity contribution in [1.82, 2.24) is 0 Å². The van der Waals surface area contributed by atoms with E-state index in [1.807, 2.05) is 0 Å². The first-order valence-electron chi connectivity index (χ1n) is 4.09. The summed E-state index contributed by atoms with van der Waals surface area (Å²) in [6, 6.07) is 3.56. The minimum absolute atomic E-state index is 0.0329. The van der Waals surface area contributed by atoms with Crippen molar-refractivity contribution in [2.45, 2.75) is 13.1 Å². The molecule has 0 atom stereocenters. The molecule has 0 aromatic heterocycles. The van der Waals surface area contributed by atoms with Gasteiger partial charge in [-0.05, 0) is 36.2 Å². The van der Waals surface area contributed by atoms with Crippen LogP contribution >= 0.6 is 11.6 Å². The number of carbonyl (C=O) groups excluding carboxylic acids is 1. The molecule has 6 heteroatoms. The third kappa shape index (κ3) is 2.34. The Morgan fingerprint density at radius 2 is 2.00 bits per heavy atom. The van der Waals surface area contributed by atoms with Gasteiger partial charge in [0.2, 0.25) is 0 Å². The summed E-state index contributed by atoms with van der Waals surface area (Å²) in [4.78, 5) is 10.9. The van der Waals surface area contributed by atoms with Gasteiger partial charge in [-0.1, -0.05) is 0 Å². The molecular weight excluding hydrogens is 243 g/mol. The maximum atomic E-state index is 12.6. The second-order valence-electron chi connectivity index (χ2n) is 3.10. The van der Waals surface area contributed by atoms with Crippen LogP contribution < -0.4 is 0 Å². The Hall–Kier alpha value is -1.54. The number of hydrogen-bond acceptors (Lipinski definition) is 2. The molecule has 0 aliphatic rings. The predicted molar refractivity (Wildman–Crippen MR) is 51.1 cm³/mol. The minimum atomic E-state index is -4.67. The van der Waals surface area contributed by atoms with E-state index in [4.69, 9.17) is 16.9 Å². The topological polar surface area (TPSA) is 40.9 Å². The number of halogens is 4. The zero-order valence-electron chi connectivity index (χ0n) is 8.02. The fourth-order valence-electron chi connectivity index (χ4n) is 1.38. The molecule has 0 saturated carbocycles. The molecule has 0 radical (unpaired) electrons. The van der Waals surface area contributed by atoms with Gasteiger partial charge in [-0.3, -0.25) is 4.79 Å². The molecule has 0 heterocycles. The van der Waals surface area contributed by atoms with E-state index in [9.17, 15) is 18.0 Å². The highest BCUT2D eigenvalue weighted by Gasteiger charge is 2.36. The molecule has 16 heavy (non-hydrogen) atoms. The molecule has 1 rings (SSSR count). The second kappa shape index (κ2) is 4.14. The van der Waals surface area contributed by atoms with Crippen LogP contribution in [0.25, 0.3) is 0 Å². The van der Waals surface area contributed by atoms with Gasteiger partial charge in [-0.25, -0.2) is 0 Å². The molecule has 0 aliphatic carbocycles. The van der Waals surface area contributed by atoms with Crippen molar-refractivity contribution in [2.24, 2.45) is 0 Å². The summed E-state index contributed by atoms with van der Waals surface area (Å²) in [5, 5.41) is 7.35. The Balaban J connectivity index is 3.61. The third-order valence-corrected chi connectivity index (χ3v) is 2.16. The number of carbonyl (C=O) groups is 1. The van der Waals surface area contributed by atoms with Gasteiger partial charge in [0, 0.05) is 5.56 Å². The normalized spacial score (nSPS) is 11.0. The van der Waals surface area contributed by atoms with Crippen LogP contribution in [-0.4, -0.2) is 5.24 Å². The standard InChI is InChI=1S/C10H5ClF3NO/c1-5-2-6(4-15)3-7(9(11)16)8(5)10(12,13)14/h2-3H,1H3. The molecule has 0 unspecified atom stereocenters. The maximum Gasteiger partial charge on any atom is 0.417 e. The average molecular weight is 248 g/mol. The van der Waals surface area contributed by atoms with Gasteiger partial charge in [-0.15, -0.1) is 0 Å². The Morgan fingerprint density at radius 3 is 2.38 bits per heavy atom. The number of aryl methyl sites for hydroxylation is 1. The van der Waals surface area contributed by atoms with Gasteiger partial charge in [0.05, 0.1) is 17.2 Å². The van der Waals surface area contributed by atoms with Crippen molar-refractivity contribution in [3.63, 3.8) is 0 Å². The van der Waals surface area contributed by atoms with Crippen molar-refractivity contribution < 1.29 is 18.0 Å². The number of hydrogen-bond donors (Lipinski definition) is 0. The third-order valence-electron chi connectivity index (χ3n) is 1.96. The number of benzene rings is 1. The number of rotatable bonds is 1. The first kappa shape index (κ1) is 12.5. The second-order valence-corrected chi connectivity index (χ2v) is 3.44. The van der Waals surface area contributed by atoms with E-state index in [0.717, 1.165) is 12.1 Å². The van der Waals surface area contributed by atoms with Gasteiger partial charge in [0.1, 0.15) is 0 Å². The molecule has 0 bridgehead atoms. The van der Waals surface area contributed by atoms with E-state index >= 15 is 0 Å². The highest BCUT2D eigenvalue weighted by molar-refractivity contribution is 6.68. The van der Waals surface area contributed by atoms with Crippen LogP contribution in [-0.2, 0) is 6.18 Å². The van der Waals surface area contributed by atoms with E-state index in [2.05, 4.69) is 0 Å². The van der Waals surface area contributed by atoms with Gasteiger partial charge in [-0.2, -0.15) is 18.4 Å². The van der Waals surface area contributed by atoms with E-state index in [0.29, 0.717) is 0 Å². The van der Waals surface area contributed by atoms with Crippen LogP contribution in [0.5, 0.6) is 0 Å². The van der Waals surface area contributed by atoms with Crippen LogP contribution in [0.4, 0.5) is 13.2 Å². The largest absolute Gasteiger partial charge is 0.417 e. The van der Waals surface area contributed by atoms with E-state index in [1.165, 1.54) is 6.92 Å². The fraction of sp³-hybridized carbons (Fsp3) is 0.200. The molecule has 2 nitrogen and oxygen atoms in total. The molecular formula is C10H5ClF3NO. The molecule has 0 saturated heterocycles. The Kier molecular flexibility index (Phi) is 3.24. The summed E-state index contributed by atoms with van der Waals surface area (Å²) in [6.07, 6.45) is -4.67. The maximum absolute atomic E-state index is 12.6. The average Bonchev–Trinajstić information content (AvgIpc) is 2.14. The van der Waals surface area contributed by atoms with Crippen LogP contribution in [0.1, 0.15) is 27.0 Å². The fourth-order valence-corrected chi connectivity index (χ4v) is 1.53. The van der Waals surface area contributed by atoms with Crippen molar-refractivity contribution in [1.29, 1.82) is 5.26 Å². The first-order chi connectivity index (χ1) is 7.27. The van der Waals surface area contributed by atoms with Gasteiger partial charge in [0.25, 0.3) is 5.24 Å². The molecule has 0 amide bonds. The number of nitrogens with zero attached hydrogens (tertiary/aromatic N) is 1. The predicted octanol–water partition coefficient (Wildman–Crippen LogP) is 3.26. The van der Waals surface area contributed by atoms with Crippen molar-refractivity contribution in [2.75, 3.05) is 0 Å². The van der Waals surface area contributed by atoms with E-state index in [1.54, 1.807) is 6.07 Å². The SMILES string of the molecule is Cc1cc(C#N)cc(C(=O)Cl)c1C(F)(F)F. The smallest absolute Gasteiger partial charge is 0.276 e. The summed E-state index contributed by atoms with van der Waals surface area (Å²) in [5.74, 6) is 0. The molecule has 0 aliphatic heterocycles. The van der Waals surface area contributed by atoms with Crippen LogP contribution in [0.15, 0.2) is 12.1 Å². The van der Waals surface area contributed by atoms with E-state index < -0.39 is 22.5 Å². The summed E-state index contributed by atoms with van der Waals surface area (Å²) in [5.41, 5.74) is -2.01. The lowest BCUT2D eigenvalue weighted by Gasteiger charge is -2.13. The van der Waals surface area contributed by atoms with Crippen molar-refractivity contribution in [3.8, 4) is 6.07 Å². The quantitative estimate of drug-likeness (QED) is 0.715. The van der Waals surface area contributed by atoms with Gasteiger partial charge >= 0.3 is 6.18 Å². The Morgan fingerprint density at radius 1 is 1.44 bits per heavy atom. The molecule has 1 aromatic rings. The highest BCUT2D eigenvalue weighted by atomic mass is 35.5. The molecule has 84 valence electrons. The van der Waals surface area contributed by atoms with Crippen molar-refractivity contribution in [3.05, 3.63) is 34.4 Å². The minimum Gasteiger partial charge on any atom is -0.276 e. The molecule has 0 fully saturated rings. The number of nitriles is 1. The number of alkyl halides is 3. The van der Waals surface area contributed by atoms with Crippen LogP contribution in [0.3, 0.4) is 0 Å². The molecule has 1 aromatic carbocycles. The highest BCUT2D eigenvalue weighted by Crippen LogP contribution is 2.35. The van der Waals surface area contributed by atoms with E-state index in [-0.39, 0.29) is 11.1 Å². The lowest BCUT2D eigenvalue weighted by molar-refractivity contribution is -0.138. The monoisotopic (exact) mass is 247 g/mol. The molecule has 0 N–H and O–H groups in total. The van der Waals surface area contributed by atoms with Crippen molar-refractivity contribution >= 4 is 16.8 Å². The van der Waals surface area contributed by atoms with Gasteiger partial charge < -0.3 is 0 Å². The lowest BCUT2D eigenvalue weighted by atomic mass is 9.99. The van der Waals surface area contributed by atoms with Crippen LogP contribution in [0, 0.1) is 18.3 Å². The van der Waals surface area contributed by atoms with Crippen LogP contribution in [0.2, 0.25) is 0 Å².